The van der Waals surface area contributed by atoms with E-state index in [-0.39, 0.29) is 18.0 Å². The second-order valence-corrected chi connectivity index (χ2v) is 5.69. The molecule has 2 rings (SSSR count). The largest absolute Gasteiger partial charge is 0.396 e. The van der Waals surface area contributed by atoms with Crippen LogP contribution in [-0.2, 0) is 10.0 Å². The first-order valence-electron chi connectivity index (χ1n) is 4.96. The summed E-state index contributed by atoms with van der Waals surface area (Å²) in [4.78, 5) is 0.163. The molecule has 6 nitrogen and oxygen atoms in total. The van der Waals surface area contributed by atoms with Crippen LogP contribution in [0.15, 0.2) is 23.1 Å². The Morgan fingerprint density at radius 1 is 1.29 bits per heavy atom. The molecule has 0 saturated heterocycles. The van der Waals surface area contributed by atoms with Crippen molar-refractivity contribution in [1.82, 2.24) is 13.5 Å². The highest BCUT2D eigenvalue weighted by Gasteiger charge is 2.14. The molecule has 0 aliphatic heterocycles. The molecule has 8 heteroatoms. The number of sulfonamides is 1. The van der Waals surface area contributed by atoms with Crippen LogP contribution in [0.25, 0.3) is 11.0 Å². The molecule has 0 spiro atoms. The van der Waals surface area contributed by atoms with Crippen molar-refractivity contribution in [2.45, 2.75) is 11.3 Å². The van der Waals surface area contributed by atoms with Gasteiger partial charge in [0.15, 0.2) is 0 Å². The molecule has 0 unspecified atom stereocenters. The Morgan fingerprint density at radius 2 is 2.06 bits per heavy atom. The van der Waals surface area contributed by atoms with Gasteiger partial charge < -0.3 is 5.11 Å². The number of aliphatic hydroxyl groups is 1. The first-order valence-corrected chi connectivity index (χ1v) is 7.18. The molecule has 0 saturated carbocycles. The second kappa shape index (κ2) is 5.05. The molecular formula is C9H11N3O3S2. The molecule has 0 radical (unpaired) electrons. The second-order valence-electron chi connectivity index (χ2n) is 3.39. The minimum absolute atomic E-state index is 0.0441. The quantitative estimate of drug-likeness (QED) is 0.767. The molecule has 0 bridgehead atoms. The fourth-order valence-electron chi connectivity index (χ4n) is 1.30. The highest BCUT2D eigenvalue weighted by Crippen LogP contribution is 2.16. The van der Waals surface area contributed by atoms with Crippen LogP contribution in [0.5, 0.6) is 0 Å². The number of hydrogen-bond donors (Lipinski definition) is 2. The van der Waals surface area contributed by atoms with E-state index < -0.39 is 10.0 Å². The summed E-state index contributed by atoms with van der Waals surface area (Å²) in [5, 5.41) is 8.60. The maximum atomic E-state index is 11.8. The topological polar surface area (TPSA) is 92.2 Å². The molecular weight excluding hydrogens is 262 g/mol. The molecule has 2 N–H and O–H groups in total. The summed E-state index contributed by atoms with van der Waals surface area (Å²) in [6.45, 7) is 0.170. The average Bonchev–Trinajstić information content (AvgIpc) is 2.76. The highest BCUT2D eigenvalue weighted by molar-refractivity contribution is 7.89. The summed E-state index contributed by atoms with van der Waals surface area (Å²) < 4.78 is 34.1. The maximum Gasteiger partial charge on any atom is 0.240 e. The third-order valence-corrected chi connectivity index (χ3v) is 4.18. The van der Waals surface area contributed by atoms with Crippen molar-refractivity contribution in [2.75, 3.05) is 13.2 Å². The summed E-state index contributed by atoms with van der Waals surface area (Å²) in [6.07, 6.45) is 0.389. The first kappa shape index (κ1) is 12.4. The third kappa shape index (κ3) is 2.78. The van der Waals surface area contributed by atoms with E-state index in [4.69, 9.17) is 5.11 Å². The van der Waals surface area contributed by atoms with E-state index in [0.29, 0.717) is 17.5 Å². The van der Waals surface area contributed by atoms with Gasteiger partial charge in [0.05, 0.1) is 16.6 Å². The Morgan fingerprint density at radius 3 is 2.82 bits per heavy atom. The maximum absolute atomic E-state index is 11.8. The normalized spacial score (nSPS) is 12.1. The van der Waals surface area contributed by atoms with Crippen molar-refractivity contribution in [3.8, 4) is 0 Å². The summed E-state index contributed by atoms with van der Waals surface area (Å²) in [7, 11) is -3.53. The fraction of sp³-hybridized carbons (Fsp3) is 0.333. The Kier molecular flexibility index (Phi) is 3.67. The monoisotopic (exact) mass is 273 g/mol. The summed E-state index contributed by atoms with van der Waals surface area (Å²) >= 11 is 1.05. The molecule has 17 heavy (non-hydrogen) atoms. The van der Waals surface area contributed by atoms with Gasteiger partial charge in [-0.2, -0.15) is 8.75 Å². The van der Waals surface area contributed by atoms with Gasteiger partial charge >= 0.3 is 0 Å². The fourth-order valence-corrected chi connectivity index (χ4v) is 2.91. The van der Waals surface area contributed by atoms with Gasteiger partial charge in [-0.15, -0.1) is 0 Å². The predicted octanol–water partition coefficient (Wildman–Crippen LogP) is 0.352. The lowest BCUT2D eigenvalue weighted by molar-refractivity contribution is 0.289. The summed E-state index contributed by atoms with van der Waals surface area (Å²) in [5.41, 5.74) is 1.25. The van der Waals surface area contributed by atoms with Crippen LogP contribution in [0.2, 0.25) is 0 Å². The van der Waals surface area contributed by atoms with Gasteiger partial charge in [-0.1, -0.05) is 0 Å². The van der Waals surface area contributed by atoms with E-state index in [9.17, 15) is 8.42 Å². The van der Waals surface area contributed by atoms with Gasteiger partial charge in [0, 0.05) is 13.2 Å². The number of hydrogen-bond acceptors (Lipinski definition) is 6. The van der Waals surface area contributed by atoms with E-state index in [0.717, 1.165) is 11.7 Å². The molecule has 0 atom stereocenters. The van der Waals surface area contributed by atoms with Crippen molar-refractivity contribution in [3.63, 3.8) is 0 Å². The average molecular weight is 273 g/mol. The zero-order chi connectivity index (χ0) is 12.3. The SMILES string of the molecule is O=S(=O)(NCCCO)c1ccc2nsnc2c1. The van der Waals surface area contributed by atoms with Crippen molar-refractivity contribution in [2.24, 2.45) is 0 Å². The van der Waals surface area contributed by atoms with Crippen molar-refractivity contribution in [3.05, 3.63) is 18.2 Å². The molecule has 1 aromatic carbocycles. The van der Waals surface area contributed by atoms with Crippen LogP contribution >= 0.6 is 11.7 Å². The van der Waals surface area contributed by atoms with E-state index in [1.54, 1.807) is 6.07 Å². The Bertz CT molecular complexity index is 609. The van der Waals surface area contributed by atoms with E-state index in [2.05, 4.69) is 13.5 Å². The van der Waals surface area contributed by atoms with Crippen LogP contribution in [-0.4, -0.2) is 35.4 Å². The van der Waals surface area contributed by atoms with Gasteiger partial charge in [0.2, 0.25) is 10.0 Å². The first-order chi connectivity index (χ1) is 8.13. The number of nitrogens with one attached hydrogen (secondary N) is 1. The minimum Gasteiger partial charge on any atom is -0.396 e. The smallest absolute Gasteiger partial charge is 0.240 e. The van der Waals surface area contributed by atoms with E-state index in [1.807, 2.05) is 0 Å². The lowest BCUT2D eigenvalue weighted by Gasteiger charge is -2.05. The van der Waals surface area contributed by atoms with E-state index >= 15 is 0 Å². The molecule has 0 aliphatic carbocycles. The lowest BCUT2D eigenvalue weighted by atomic mass is 10.3. The van der Waals surface area contributed by atoms with Crippen LogP contribution < -0.4 is 4.72 Å². The van der Waals surface area contributed by atoms with Gasteiger partial charge in [-0.05, 0) is 24.6 Å². The third-order valence-electron chi connectivity index (χ3n) is 2.16. The lowest BCUT2D eigenvalue weighted by Crippen LogP contribution is -2.25. The van der Waals surface area contributed by atoms with Gasteiger partial charge in [-0.3, -0.25) is 0 Å². The highest BCUT2D eigenvalue weighted by atomic mass is 32.2. The number of rotatable bonds is 5. The molecule has 1 aromatic heterocycles. The molecule has 1 heterocycles. The molecule has 2 aromatic rings. The van der Waals surface area contributed by atoms with Crippen LogP contribution in [0.3, 0.4) is 0 Å². The number of aromatic nitrogens is 2. The standard InChI is InChI=1S/C9H11N3O3S2/c13-5-1-4-10-17(14,15)7-2-3-8-9(6-7)12-16-11-8/h2-3,6,10,13H,1,4-5H2. The van der Waals surface area contributed by atoms with Crippen molar-refractivity contribution < 1.29 is 13.5 Å². The van der Waals surface area contributed by atoms with Crippen molar-refractivity contribution in [1.29, 1.82) is 0 Å². The molecule has 0 fully saturated rings. The predicted molar refractivity (Wildman–Crippen MR) is 64.3 cm³/mol. The number of benzene rings is 1. The van der Waals surface area contributed by atoms with Gasteiger partial charge in [-0.25, -0.2) is 13.1 Å². The van der Waals surface area contributed by atoms with Gasteiger partial charge in [0.25, 0.3) is 0 Å². The zero-order valence-electron chi connectivity index (χ0n) is 8.83. The number of aliphatic hydroxyl groups excluding tert-OH is 1. The summed E-state index contributed by atoms with van der Waals surface area (Å²) in [6, 6.07) is 4.60. The zero-order valence-corrected chi connectivity index (χ0v) is 10.5. The Balaban J connectivity index is 2.25. The van der Waals surface area contributed by atoms with Crippen LogP contribution in [0, 0.1) is 0 Å². The molecule has 0 amide bonds. The molecule has 92 valence electrons. The summed E-state index contributed by atoms with van der Waals surface area (Å²) in [5.74, 6) is 0. The van der Waals surface area contributed by atoms with Gasteiger partial charge in [0.1, 0.15) is 11.0 Å². The van der Waals surface area contributed by atoms with Crippen molar-refractivity contribution >= 4 is 32.8 Å². The van der Waals surface area contributed by atoms with E-state index in [1.165, 1.54) is 12.1 Å². The van der Waals surface area contributed by atoms with Crippen LogP contribution in [0.1, 0.15) is 6.42 Å². The number of nitrogens with zero attached hydrogens (tertiary/aromatic N) is 2. The molecule has 0 aliphatic rings. The Hall–Kier alpha value is -1.09. The number of fused-ring (bicyclic) bond motifs is 1. The minimum atomic E-state index is -3.53. The Labute approximate surface area is 103 Å². The van der Waals surface area contributed by atoms with Crippen LogP contribution in [0.4, 0.5) is 0 Å².